The Morgan fingerprint density at radius 1 is 1.12 bits per heavy atom. The molecule has 0 aliphatic rings. The minimum absolute atomic E-state index is 0.00116. The minimum Gasteiger partial charge on any atom is -0.349 e. The predicted molar refractivity (Wildman–Crippen MR) is 101 cm³/mol. The molecule has 1 aromatic carbocycles. The lowest BCUT2D eigenvalue weighted by Crippen LogP contribution is -2.36. The van der Waals surface area contributed by atoms with E-state index < -0.39 is 10.0 Å². The van der Waals surface area contributed by atoms with E-state index in [1.165, 1.54) is 12.1 Å². The van der Waals surface area contributed by atoms with Gasteiger partial charge in [0.1, 0.15) is 0 Å². The minimum atomic E-state index is -3.68. The van der Waals surface area contributed by atoms with E-state index in [9.17, 15) is 13.2 Å². The number of nitrogens with one attached hydrogen (secondary N) is 2. The number of rotatable bonds is 8. The third-order valence-electron chi connectivity index (χ3n) is 4.22. The Hall–Kier alpha value is -2.25. The molecule has 140 valence electrons. The maximum atomic E-state index is 12.5. The van der Waals surface area contributed by atoms with E-state index in [-0.39, 0.29) is 23.4 Å². The highest BCUT2D eigenvalue weighted by molar-refractivity contribution is 7.89. The molecule has 2 rings (SSSR count). The van der Waals surface area contributed by atoms with Crippen molar-refractivity contribution < 1.29 is 13.2 Å². The average molecular weight is 375 g/mol. The molecular weight excluding hydrogens is 350 g/mol. The van der Waals surface area contributed by atoms with Crippen LogP contribution in [0.25, 0.3) is 0 Å². The van der Waals surface area contributed by atoms with E-state index in [2.05, 4.69) is 15.0 Å². The lowest BCUT2D eigenvalue weighted by molar-refractivity contribution is 0.0930. The van der Waals surface area contributed by atoms with Crippen molar-refractivity contribution in [2.45, 2.75) is 38.1 Å². The molecule has 0 bridgehead atoms. The van der Waals surface area contributed by atoms with E-state index >= 15 is 0 Å². The second-order valence-electron chi connectivity index (χ2n) is 6.54. The van der Waals surface area contributed by atoms with E-state index in [0.717, 1.165) is 5.56 Å². The molecule has 0 aliphatic carbocycles. The van der Waals surface area contributed by atoms with Crippen LogP contribution in [0.15, 0.2) is 53.7 Å². The molecule has 1 heterocycles. The number of pyridine rings is 1. The average Bonchev–Trinajstić information content (AvgIpc) is 2.62. The number of sulfonamides is 1. The largest absolute Gasteiger partial charge is 0.349 e. The van der Waals surface area contributed by atoms with Crippen molar-refractivity contribution in [2.24, 2.45) is 5.92 Å². The topological polar surface area (TPSA) is 88.2 Å². The number of carbonyl (C=O) groups excluding carboxylic acids is 1. The first kappa shape index (κ1) is 20.1. The molecule has 2 N–H and O–H groups in total. The number of nitrogens with zero attached hydrogens (tertiary/aromatic N) is 1. The van der Waals surface area contributed by atoms with E-state index in [0.29, 0.717) is 17.9 Å². The summed E-state index contributed by atoms with van der Waals surface area (Å²) in [5, 5.41) is 2.88. The van der Waals surface area contributed by atoms with Gasteiger partial charge in [-0.3, -0.25) is 9.78 Å². The zero-order valence-electron chi connectivity index (χ0n) is 15.3. The first-order valence-electron chi connectivity index (χ1n) is 8.59. The molecule has 7 heteroatoms. The van der Waals surface area contributed by atoms with Crippen LogP contribution in [0.1, 0.15) is 36.7 Å². The van der Waals surface area contributed by atoms with Crippen molar-refractivity contribution in [2.75, 3.05) is 6.54 Å². The van der Waals surface area contributed by atoms with Crippen LogP contribution in [-0.2, 0) is 16.4 Å². The quantitative estimate of drug-likeness (QED) is 0.741. The second kappa shape index (κ2) is 8.91. The SMILES string of the molecule is CC(C)C(C)NC(=O)c1cccc(S(=O)(=O)NCCc2ccncc2)c1. The Morgan fingerprint density at radius 3 is 2.46 bits per heavy atom. The first-order chi connectivity index (χ1) is 12.3. The third kappa shape index (κ3) is 5.64. The van der Waals surface area contributed by atoms with Crippen molar-refractivity contribution in [3.8, 4) is 0 Å². The molecule has 0 fully saturated rings. The lowest BCUT2D eigenvalue weighted by Gasteiger charge is -2.17. The van der Waals surface area contributed by atoms with Gasteiger partial charge in [-0.05, 0) is 55.2 Å². The summed E-state index contributed by atoms with van der Waals surface area (Å²) in [5.74, 6) is 0.0146. The molecule has 0 aliphatic heterocycles. The Kier molecular flexibility index (Phi) is 6.88. The molecule has 0 saturated carbocycles. The molecule has 0 spiro atoms. The zero-order valence-corrected chi connectivity index (χ0v) is 16.1. The van der Waals surface area contributed by atoms with E-state index in [1.54, 1.807) is 24.5 Å². The summed E-state index contributed by atoms with van der Waals surface area (Å²) in [6.45, 7) is 6.22. The highest BCUT2D eigenvalue weighted by atomic mass is 32.2. The fourth-order valence-electron chi connectivity index (χ4n) is 2.22. The fraction of sp³-hybridized carbons (Fsp3) is 0.368. The van der Waals surface area contributed by atoms with Crippen LogP contribution >= 0.6 is 0 Å². The standard InChI is InChI=1S/C19H25N3O3S/c1-14(2)15(3)22-19(23)17-5-4-6-18(13-17)26(24,25)21-12-9-16-7-10-20-11-8-16/h4-8,10-11,13-15,21H,9,12H2,1-3H3,(H,22,23). The van der Waals surface area contributed by atoms with Gasteiger partial charge in [-0.25, -0.2) is 13.1 Å². The summed E-state index contributed by atoms with van der Waals surface area (Å²) < 4.78 is 27.5. The molecule has 1 aromatic heterocycles. The molecule has 0 saturated heterocycles. The molecule has 1 amide bonds. The third-order valence-corrected chi connectivity index (χ3v) is 5.68. The van der Waals surface area contributed by atoms with Crippen LogP contribution in [-0.4, -0.2) is 31.9 Å². The van der Waals surface area contributed by atoms with Gasteiger partial charge in [-0.2, -0.15) is 0 Å². The molecule has 26 heavy (non-hydrogen) atoms. The summed E-state index contributed by atoms with van der Waals surface area (Å²) in [4.78, 5) is 16.3. The number of aromatic nitrogens is 1. The van der Waals surface area contributed by atoms with Crippen LogP contribution in [0, 0.1) is 5.92 Å². The highest BCUT2D eigenvalue weighted by Crippen LogP contribution is 2.12. The van der Waals surface area contributed by atoms with Gasteiger partial charge in [0.25, 0.3) is 5.91 Å². The number of amides is 1. The van der Waals surface area contributed by atoms with Gasteiger partial charge in [0.15, 0.2) is 0 Å². The summed E-state index contributed by atoms with van der Waals surface area (Å²) in [7, 11) is -3.68. The van der Waals surface area contributed by atoms with Gasteiger partial charge in [0.05, 0.1) is 4.90 Å². The molecule has 1 unspecified atom stereocenters. The van der Waals surface area contributed by atoms with Crippen molar-refractivity contribution in [1.82, 2.24) is 15.0 Å². The number of hydrogen-bond donors (Lipinski definition) is 2. The fourth-order valence-corrected chi connectivity index (χ4v) is 3.30. The van der Waals surface area contributed by atoms with E-state index in [4.69, 9.17) is 0 Å². The van der Waals surface area contributed by atoms with Gasteiger partial charge >= 0.3 is 0 Å². The van der Waals surface area contributed by atoms with Gasteiger partial charge in [-0.15, -0.1) is 0 Å². The molecule has 0 radical (unpaired) electrons. The normalized spacial score (nSPS) is 12.8. The maximum absolute atomic E-state index is 12.5. The summed E-state index contributed by atoms with van der Waals surface area (Å²) in [6.07, 6.45) is 3.90. The lowest BCUT2D eigenvalue weighted by atomic mass is 10.1. The summed E-state index contributed by atoms with van der Waals surface area (Å²) >= 11 is 0. The second-order valence-corrected chi connectivity index (χ2v) is 8.30. The summed E-state index contributed by atoms with van der Waals surface area (Å²) in [5.41, 5.74) is 1.33. The van der Waals surface area contributed by atoms with Crippen LogP contribution in [0.4, 0.5) is 0 Å². The van der Waals surface area contributed by atoms with Crippen LogP contribution in [0.2, 0.25) is 0 Å². The Bertz CT molecular complexity index is 836. The van der Waals surface area contributed by atoms with Gasteiger partial charge in [0, 0.05) is 30.5 Å². The number of benzene rings is 1. The maximum Gasteiger partial charge on any atom is 0.251 e. The number of carbonyl (C=O) groups is 1. The molecule has 1 atom stereocenters. The van der Waals surface area contributed by atoms with Crippen molar-refractivity contribution in [3.05, 3.63) is 59.9 Å². The van der Waals surface area contributed by atoms with Gasteiger partial charge in [0.2, 0.25) is 10.0 Å². The molecular formula is C19H25N3O3S. The van der Waals surface area contributed by atoms with Crippen molar-refractivity contribution in [1.29, 1.82) is 0 Å². The monoisotopic (exact) mass is 375 g/mol. The Morgan fingerprint density at radius 2 is 1.81 bits per heavy atom. The van der Waals surface area contributed by atoms with Crippen molar-refractivity contribution >= 4 is 15.9 Å². The van der Waals surface area contributed by atoms with Crippen LogP contribution < -0.4 is 10.0 Å². The smallest absolute Gasteiger partial charge is 0.251 e. The van der Waals surface area contributed by atoms with Crippen LogP contribution in [0.3, 0.4) is 0 Å². The Labute approximate surface area is 155 Å². The van der Waals surface area contributed by atoms with Gasteiger partial charge in [-0.1, -0.05) is 19.9 Å². The van der Waals surface area contributed by atoms with Gasteiger partial charge < -0.3 is 5.32 Å². The highest BCUT2D eigenvalue weighted by Gasteiger charge is 2.17. The van der Waals surface area contributed by atoms with Crippen molar-refractivity contribution in [3.63, 3.8) is 0 Å². The predicted octanol–water partition coefficient (Wildman–Crippen LogP) is 2.38. The molecule has 6 nitrogen and oxygen atoms in total. The number of hydrogen-bond acceptors (Lipinski definition) is 4. The van der Waals surface area contributed by atoms with E-state index in [1.807, 2.05) is 32.9 Å². The summed E-state index contributed by atoms with van der Waals surface area (Å²) in [6, 6.07) is 9.75. The first-order valence-corrected chi connectivity index (χ1v) is 10.1. The zero-order chi connectivity index (χ0) is 19.2. The van der Waals surface area contributed by atoms with Crippen LogP contribution in [0.5, 0.6) is 0 Å². The molecule has 2 aromatic rings. The Balaban J connectivity index is 2.04.